The summed E-state index contributed by atoms with van der Waals surface area (Å²) in [6.07, 6.45) is 3.19. The topological polar surface area (TPSA) is 18.5 Å². The predicted octanol–water partition coefficient (Wildman–Crippen LogP) is 5.63. The minimum Gasteiger partial charge on any atom is -0.493 e. The summed E-state index contributed by atoms with van der Waals surface area (Å²) in [6.45, 7) is 0. The minimum absolute atomic E-state index is 0.774. The standard InChI is InChI=1S/C29H30O2P/c1-30-28-21-20-24(23-29(28)31-2)13-12-22-32(25-14-6-3-7-15-25,26-16-8-4-9-17-26)27-18-10-5-11-19-27/h3-11,14-21,23H,12-13,22H2,1-2H3/q+1. The zero-order valence-electron chi connectivity index (χ0n) is 18.8. The molecule has 0 unspecified atom stereocenters. The summed E-state index contributed by atoms with van der Waals surface area (Å²) in [5.74, 6) is 1.57. The highest BCUT2D eigenvalue weighted by Crippen LogP contribution is 2.55. The molecule has 0 bridgehead atoms. The average molecular weight is 442 g/mol. The van der Waals surface area contributed by atoms with Crippen LogP contribution >= 0.6 is 7.26 Å². The fraction of sp³-hybridized carbons (Fsp3) is 0.172. The Kier molecular flexibility index (Phi) is 7.24. The quantitative estimate of drug-likeness (QED) is 0.314. The first-order valence-electron chi connectivity index (χ1n) is 11.0. The van der Waals surface area contributed by atoms with Gasteiger partial charge in [0.2, 0.25) is 0 Å². The summed E-state index contributed by atoms with van der Waals surface area (Å²) in [4.78, 5) is 0. The Hall–Kier alpha value is -3.09. The normalized spacial score (nSPS) is 11.2. The van der Waals surface area contributed by atoms with E-state index >= 15 is 0 Å². The lowest BCUT2D eigenvalue weighted by Gasteiger charge is -2.27. The first-order valence-corrected chi connectivity index (χ1v) is 13.0. The van der Waals surface area contributed by atoms with Gasteiger partial charge in [-0.2, -0.15) is 0 Å². The monoisotopic (exact) mass is 441 g/mol. The van der Waals surface area contributed by atoms with Gasteiger partial charge in [-0.15, -0.1) is 0 Å². The van der Waals surface area contributed by atoms with Crippen molar-refractivity contribution in [1.82, 2.24) is 0 Å². The second-order valence-electron chi connectivity index (χ2n) is 7.83. The molecule has 0 heterocycles. The Morgan fingerprint density at radius 2 is 1.03 bits per heavy atom. The molecule has 0 atom stereocenters. The zero-order chi connectivity index (χ0) is 22.2. The van der Waals surface area contributed by atoms with Crippen molar-refractivity contribution >= 4 is 23.2 Å². The first kappa shape index (κ1) is 22.1. The van der Waals surface area contributed by atoms with E-state index in [0.29, 0.717) is 0 Å². The van der Waals surface area contributed by atoms with Gasteiger partial charge in [0.15, 0.2) is 11.5 Å². The third-order valence-electron chi connectivity index (χ3n) is 6.00. The third kappa shape index (κ3) is 4.56. The van der Waals surface area contributed by atoms with Crippen LogP contribution in [0.3, 0.4) is 0 Å². The summed E-state index contributed by atoms with van der Waals surface area (Å²) in [7, 11) is 1.59. The second kappa shape index (κ2) is 10.5. The number of rotatable bonds is 9. The van der Waals surface area contributed by atoms with E-state index in [1.807, 2.05) is 6.07 Å². The average Bonchev–Trinajstić information content (AvgIpc) is 2.88. The van der Waals surface area contributed by atoms with Gasteiger partial charge < -0.3 is 9.47 Å². The van der Waals surface area contributed by atoms with Crippen molar-refractivity contribution in [2.24, 2.45) is 0 Å². The molecular weight excluding hydrogens is 411 g/mol. The van der Waals surface area contributed by atoms with Gasteiger partial charge in [0, 0.05) is 0 Å². The van der Waals surface area contributed by atoms with Crippen molar-refractivity contribution in [1.29, 1.82) is 0 Å². The summed E-state index contributed by atoms with van der Waals surface area (Å²) in [5, 5.41) is 4.30. The maximum Gasteiger partial charge on any atom is 0.160 e. The van der Waals surface area contributed by atoms with Gasteiger partial charge in [0.25, 0.3) is 0 Å². The van der Waals surface area contributed by atoms with Crippen LogP contribution in [0, 0.1) is 0 Å². The van der Waals surface area contributed by atoms with Gasteiger partial charge in [0.05, 0.1) is 20.4 Å². The predicted molar refractivity (Wildman–Crippen MR) is 138 cm³/mol. The number of aryl methyl sites for hydroxylation is 1. The Morgan fingerprint density at radius 3 is 1.47 bits per heavy atom. The van der Waals surface area contributed by atoms with Crippen molar-refractivity contribution in [3.05, 3.63) is 115 Å². The first-order chi connectivity index (χ1) is 15.8. The zero-order valence-corrected chi connectivity index (χ0v) is 19.7. The largest absolute Gasteiger partial charge is 0.493 e. The number of hydrogen-bond donors (Lipinski definition) is 0. The van der Waals surface area contributed by atoms with Crippen molar-refractivity contribution in [3.8, 4) is 11.5 Å². The van der Waals surface area contributed by atoms with Gasteiger partial charge in [-0.25, -0.2) is 0 Å². The molecule has 0 N–H and O–H groups in total. The van der Waals surface area contributed by atoms with E-state index < -0.39 is 7.26 Å². The van der Waals surface area contributed by atoms with Crippen LogP contribution in [0.5, 0.6) is 11.5 Å². The van der Waals surface area contributed by atoms with Crippen LogP contribution < -0.4 is 25.4 Å². The highest BCUT2D eigenvalue weighted by molar-refractivity contribution is 7.95. The van der Waals surface area contributed by atoms with E-state index in [1.54, 1.807) is 14.2 Å². The molecule has 32 heavy (non-hydrogen) atoms. The van der Waals surface area contributed by atoms with E-state index in [4.69, 9.17) is 9.47 Å². The third-order valence-corrected chi connectivity index (χ3v) is 10.5. The lowest BCUT2D eigenvalue weighted by Crippen LogP contribution is -2.33. The Bertz CT molecular complexity index is 1020. The Morgan fingerprint density at radius 1 is 0.562 bits per heavy atom. The van der Waals surface area contributed by atoms with Gasteiger partial charge in [-0.3, -0.25) is 0 Å². The van der Waals surface area contributed by atoms with E-state index in [1.165, 1.54) is 21.5 Å². The molecule has 0 aliphatic heterocycles. The highest BCUT2D eigenvalue weighted by atomic mass is 31.2. The molecule has 0 fully saturated rings. The van der Waals surface area contributed by atoms with Crippen LogP contribution in [0.15, 0.2) is 109 Å². The van der Waals surface area contributed by atoms with Gasteiger partial charge in [-0.1, -0.05) is 60.7 Å². The van der Waals surface area contributed by atoms with Crippen molar-refractivity contribution in [3.63, 3.8) is 0 Å². The SMILES string of the molecule is COc1ccc(CCC[P+](c2ccccc2)(c2ccccc2)c2ccccc2)cc1OC. The molecule has 0 amide bonds. The van der Waals surface area contributed by atoms with E-state index in [2.05, 4.69) is 103 Å². The summed E-state index contributed by atoms with van der Waals surface area (Å²) in [6, 6.07) is 39.5. The van der Waals surface area contributed by atoms with Crippen LogP contribution in [0.25, 0.3) is 0 Å². The van der Waals surface area contributed by atoms with Gasteiger partial charge in [0.1, 0.15) is 23.2 Å². The maximum absolute atomic E-state index is 5.51. The molecule has 0 spiro atoms. The van der Waals surface area contributed by atoms with Crippen LogP contribution in [0.1, 0.15) is 12.0 Å². The summed E-state index contributed by atoms with van der Waals surface area (Å²) >= 11 is 0. The molecule has 0 radical (unpaired) electrons. The van der Waals surface area contributed by atoms with E-state index in [9.17, 15) is 0 Å². The molecule has 2 nitrogen and oxygen atoms in total. The maximum atomic E-state index is 5.51. The molecule has 0 saturated heterocycles. The molecule has 162 valence electrons. The molecule has 0 saturated carbocycles. The van der Waals surface area contributed by atoms with Crippen molar-refractivity contribution in [2.75, 3.05) is 20.4 Å². The highest BCUT2D eigenvalue weighted by Gasteiger charge is 2.44. The number of ether oxygens (including phenoxy) is 2. The molecule has 0 aromatic heterocycles. The lowest BCUT2D eigenvalue weighted by molar-refractivity contribution is 0.354. The van der Waals surface area contributed by atoms with Gasteiger partial charge in [-0.05, 0) is 66.9 Å². The molecule has 4 aromatic rings. The fourth-order valence-electron chi connectivity index (χ4n) is 4.44. The van der Waals surface area contributed by atoms with E-state index in [0.717, 1.165) is 30.5 Å². The van der Waals surface area contributed by atoms with Gasteiger partial charge >= 0.3 is 0 Å². The van der Waals surface area contributed by atoms with Crippen molar-refractivity contribution in [2.45, 2.75) is 12.8 Å². The van der Waals surface area contributed by atoms with Crippen LogP contribution in [-0.2, 0) is 6.42 Å². The molecule has 0 aliphatic carbocycles. The number of methoxy groups -OCH3 is 2. The Labute approximate surface area is 192 Å². The lowest BCUT2D eigenvalue weighted by atomic mass is 10.1. The molecule has 3 heteroatoms. The number of benzene rings is 4. The van der Waals surface area contributed by atoms with Crippen LogP contribution in [-0.4, -0.2) is 20.4 Å². The number of hydrogen-bond acceptors (Lipinski definition) is 2. The molecular formula is C29H30O2P+. The molecule has 4 aromatic carbocycles. The van der Waals surface area contributed by atoms with Crippen molar-refractivity contribution < 1.29 is 9.47 Å². The Balaban J connectivity index is 1.72. The fourth-order valence-corrected chi connectivity index (χ4v) is 8.78. The minimum atomic E-state index is -1.78. The smallest absolute Gasteiger partial charge is 0.160 e. The summed E-state index contributed by atoms with van der Waals surface area (Å²) < 4.78 is 10.9. The molecule has 0 aliphatic rings. The summed E-state index contributed by atoms with van der Waals surface area (Å²) in [5.41, 5.74) is 1.27. The molecule has 4 rings (SSSR count). The van der Waals surface area contributed by atoms with Crippen LogP contribution in [0.2, 0.25) is 0 Å². The van der Waals surface area contributed by atoms with Crippen LogP contribution in [0.4, 0.5) is 0 Å². The van der Waals surface area contributed by atoms with E-state index in [-0.39, 0.29) is 0 Å². The second-order valence-corrected chi connectivity index (χ2v) is 11.4.